The van der Waals surface area contributed by atoms with E-state index in [1.54, 1.807) is 0 Å². The number of amides is 1. The van der Waals surface area contributed by atoms with Gasteiger partial charge in [-0.1, -0.05) is 32.1 Å². The third-order valence-corrected chi connectivity index (χ3v) is 6.53. The van der Waals surface area contributed by atoms with Gasteiger partial charge >= 0.3 is 6.18 Å². The topological polar surface area (TPSA) is 29.1 Å². The summed E-state index contributed by atoms with van der Waals surface area (Å²) in [4.78, 5) is 12.9. The van der Waals surface area contributed by atoms with Gasteiger partial charge in [-0.3, -0.25) is 4.79 Å². The van der Waals surface area contributed by atoms with Crippen LogP contribution in [0.25, 0.3) is 0 Å². The molecule has 2 atom stereocenters. The highest BCUT2D eigenvalue weighted by Gasteiger charge is 2.38. The van der Waals surface area contributed by atoms with Crippen molar-refractivity contribution < 1.29 is 18.0 Å². The SMILES string of the molecule is O=C(N[C@H]1CCC[C@H]1C1CCCC1)c1ccc(C(F)(F)F)cc1C1CC1. The number of carbonyl (C=O) groups excluding carboxylic acids is 1. The summed E-state index contributed by atoms with van der Waals surface area (Å²) in [5.74, 6) is 1.17. The molecule has 26 heavy (non-hydrogen) atoms. The lowest BCUT2D eigenvalue weighted by Crippen LogP contribution is -2.40. The van der Waals surface area contributed by atoms with Crippen molar-refractivity contribution in [3.8, 4) is 0 Å². The first-order valence-electron chi connectivity index (χ1n) is 9.95. The highest BCUT2D eigenvalue weighted by Crippen LogP contribution is 2.44. The van der Waals surface area contributed by atoms with Crippen LogP contribution in [-0.2, 0) is 6.18 Å². The van der Waals surface area contributed by atoms with Gasteiger partial charge in [-0.15, -0.1) is 0 Å². The quantitative estimate of drug-likeness (QED) is 0.732. The van der Waals surface area contributed by atoms with Crippen molar-refractivity contribution >= 4 is 5.91 Å². The van der Waals surface area contributed by atoms with E-state index in [9.17, 15) is 18.0 Å². The molecule has 0 unspecified atom stereocenters. The molecule has 4 rings (SSSR count). The largest absolute Gasteiger partial charge is 0.416 e. The summed E-state index contributed by atoms with van der Waals surface area (Å²) in [6.07, 6.45) is 5.75. The Kier molecular flexibility index (Phi) is 4.74. The van der Waals surface area contributed by atoms with Gasteiger partial charge in [0.25, 0.3) is 5.91 Å². The summed E-state index contributed by atoms with van der Waals surface area (Å²) in [6.45, 7) is 0. The number of carbonyl (C=O) groups is 1. The van der Waals surface area contributed by atoms with E-state index in [1.807, 2.05) is 0 Å². The van der Waals surface area contributed by atoms with Crippen LogP contribution in [0.3, 0.4) is 0 Å². The zero-order valence-electron chi connectivity index (χ0n) is 14.9. The first kappa shape index (κ1) is 17.9. The predicted molar refractivity (Wildman–Crippen MR) is 94.0 cm³/mol. The second-order valence-corrected chi connectivity index (χ2v) is 8.29. The molecular formula is C21H26F3NO. The van der Waals surface area contributed by atoms with E-state index in [4.69, 9.17) is 0 Å². The van der Waals surface area contributed by atoms with Gasteiger partial charge in [0.05, 0.1) is 5.56 Å². The maximum Gasteiger partial charge on any atom is 0.416 e. The fraction of sp³-hybridized carbons (Fsp3) is 0.667. The van der Waals surface area contributed by atoms with Crippen LogP contribution in [0.5, 0.6) is 0 Å². The Bertz CT molecular complexity index is 674. The zero-order chi connectivity index (χ0) is 18.3. The highest BCUT2D eigenvalue weighted by atomic mass is 19.4. The van der Waals surface area contributed by atoms with Crippen molar-refractivity contribution in [3.63, 3.8) is 0 Å². The summed E-state index contributed by atoms with van der Waals surface area (Å²) in [7, 11) is 0. The van der Waals surface area contributed by atoms with Gasteiger partial charge in [0.1, 0.15) is 0 Å². The van der Waals surface area contributed by atoms with Gasteiger partial charge in [0.2, 0.25) is 0 Å². The van der Waals surface area contributed by atoms with E-state index in [2.05, 4.69) is 5.32 Å². The molecule has 0 aromatic heterocycles. The number of nitrogens with one attached hydrogen (secondary N) is 1. The smallest absolute Gasteiger partial charge is 0.349 e. The second-order valence-electron chi connectivity index (χ2n) is 8.29. The maximum absolute atomic E-state index is 13.0. The van der Waals surface area contributed by atoms with Crippen molar-refractivity contribution in [1.29, 1.82) is 0 Å². The minimum atomic E-state index is -4.36. The summed E-state index contributed by atoms with van der Waals surface area (Å²) < 4.78 is 39.1. The molecule has 3 saturated carbocycles. The van der Waals surface area contributed by atoms with E-state index in [1.165, 1.54) is 37.8 Å². The molecule has 1 amide bonds. The summed E-state index contributed by atoms with van der Waals surface area (Å²) in [5, 5.41) is 3.18. The molecule has 0 spiro atoms. The average Bonchev–Trinajstić information content (AvgIpc) is 3.11. The Labute approximate surface area is 152 Å². The number of alkyl halides is 3. The molecule has 1 aromatic rings. The van der Waals surface area contributed by atoms with Gasteiger partial charge in [0.15, 0.2) is 0 Å². The Morgan fingerprint density at radius 3 is 2.35 bits per heavy atom. The number of rotatable bonds is 4. The Balaban J connectivity index is 1.52. The van der Waals surface area contributed by atoms with Crippen LogP contribution >= 0.6 is 0 Å². The van der Waals surface area contributed by atoms with Gasteiger partial charge in [-0.05, 0) is 67.2 Å². The lowest BCUT2D eigenvalue weighted by Gasteiger charge is -2.26. The van der Waals surface area contributed by atoms with Crippen molar-refractivity contribution in [2.45, 2.75) is 75.9 Å². The van der Waals surface area contributed by atoms with Crippen molar-refractivity contribution in [3.05, 3.63) is 34.9 Å². The second kappa shape index (κ2) is 6.90. The molecule has 0 aliphatic heterocycles. The van der Waals surface area contributed by atoms with Crippen LogP contribution in [0.2, 0.25) is 0 Å². The third-order valence-electron chi connectivity index (χ3n) is 6.53. The van der Waals surface area contributed by atoms with Crippen LogP contribution in [0.15, 0.2) is 18.2 Å². The summed E-state index contributed by atoms with van der Waals surface area (Å²) in [6, 6.07) is 3.80. The number of hydrogen-bond acceptors (Lipinski definition) is 1. The molecule has 3 aliphatic rings. The number of hydrogen-bond donors (Lipinski definition) is 1. The first-order chi connectivity index (χ1) is 12.4. The zero-order valence-corrected chi connectivity index (χ0v) is 14.9. The van der Waals surface area contributed by atoms with Gasteiger partial charge in [-0.2, -0.15) is 13.2 Å². The number of halogens is 3. The molecule has 0 heterocycles. The summed E-state index contributed by atoms with van der Waals surface area (Å²) >= 11 is 0. The predicted octanol–water partition coefficient (Wildman–Crippen LogP) is 5.67. The van der Waals surface area contributed by atoms with Gasteiger partial charge in [0, 0.05) is 11.6 Å². The van der Waals surface area contributed by atoms with Gasteiger partial charge in [-0.25, -0.2) is 0 Å². The molecule has 3 aliphatic carbocycles. The lowest BCUT2D eigenvalue weighted by atomic mass is 9.86. The Hall–Kier alpha value is -1.52. The molecule has 1 aromatic carbocycles. The van der Waals surface area contributed by atoms with Crippen LogP contribution in [0.4, 0.5) is 13.2 Å². The fourth-order valence-corrected chi connectivity index (χ4v) is 5.04. The monoisotopic (exact) mass is 365 g/mol. The molecule has 0 bridgehead atoms. The van der Waals surface area contributed by atoms with E-state index < -0.39 is 11.7 Å². The van der Waals surface area contributed by atoms with Gasteiger partial charge < -0.3 is 5.32 Å². The molecule has 142 valence electrons. The molecule has 0 saturated heterocycles. The molecular weight excluding hydrogens is 339 g/mol. The van der Waals surface area contributed by atoms with Crippen LogP contribution < -0.4 is 5.32 Å². The maximum atomic E-state index is 13.0. The lowest BCUT2D eigenvalue weighted by molar-refractivity contribution is -0.137. The minimum absolute atomic E-state index is 0.104. The molecule has 1 N–H and O–H groups in total. The Morgan fingerprint density at radius 1 is 0.962 bits per heavy atom. The fourth-order valence-electron chi connectivity index (χ4n) is 5.04. The van der Waals surface area contributed by atoms with E-state index in [-0.39, 0.29) is 17.9 Å². The first-order valence-corrected chi connectivity index (χ1v) is 9.95. The van der Waals surface area contributed by atoms with E-state index in [0.717, 1.165) is 38.2 Å². The Morgan fingerprint density at radius 2 is 1.69 bits per heavy atom. The third kappa shape index (κ3) is 3.63. The molecule has 2 nitrogen and oxygen atoms in total. The van der Waals surface area contributed by atoms with Crippen LogP contribution in [0, 0.1) is 11.8 Å². The minimum Gasteiger partial charge on any atom is -0.349 e. The van der Waals surface area contributed by atoms with E-state index in [0.29, 0.717) is 23.0 Å². The molecule has 3 fully saturated rings. The normalized spacial score (nSPS) is 27.0. The van der Waals surface area contributed by atoms with Crippen molar-refractivity contribution in [1.82, 2.24) is 5.32 Å². The van der Waals surface area contributed by atoms with Crippen LogP contribution in [0.1, 0.15) is 85.2 Å². The average molecular weight is 365 g/mol. The molecule has 5 heteroatoms. The van der Waals surface area contributed by atoms with Crippen molar-refractivity contribution in [2.24, 2.45) is 11.8 Å². The summed E-state index contributed by atoms with van der Waals surface area (Å²) in [5.41, 5.74) is 0.367. The van der Waals surface area contributed by atoms with Crippen LogP contribution in [-0.4, -0.2) is 11.9 Å². The number of benzene rings is 1. The van der Waals surface area contributed by atoms with E-state index >= 15 is 0 Å². The van der Waals surface area contributed by atoms with Crippen molar-refractivity contribution in [2.75, 3.05) is 0 Å². The molecule has 0 radical (unpaired) electrons. The highest BCUT2D eigenvalue weighted by molar-refractivity contribution is 5.96. The standard InChI is InChI=1S/C21H26F3NO/c22-21(23,24)15-10-11-17(18(12-15)14-8-9-14)20(26)25-19-7-3-6-16(19)13-4-1-2-5-13/h10-14,16,19H,1-9H2,(H,25,26)/t16-,19-/m0/s1.